The summed E-state index contributed by atoms with van der Waals surface area (Å²) in [4.78, 5) is 16.5. The topological polar surface area (TPSA) is 64.4 Å². The molecule has 1 unspecified atom stereocenters. The predicted octanol–water partition coefficient (Wildman–Crippen LogP) is 5.26. The Morgan fingerprint density at radius 1 is 1.30 bits per heavy atom. The Morgan fingerprint density at radius 2 is 2.04 bits per heavy atom. The van der Waals surface area contributed by atoms with E-state index in [1.54, 1.807) is 43.5 Å². The zero-order valence-corrected chi connectivity index (χ0v) is 16.1. The number of aromatic nitrogens is 1. The van der Waals surface area contributed by atoms with Gasteiger partial charge in [0.05, 0.1) is 23.6 Å². The van der Waals surface area contributed by atoms with E-state index in [9.17, 15) is 9.18 Å². The van der Waals surface area contributed by atoms with Gasteiger partial charge in [-0.2, -0.15) is 0 Å². The summed E-state index contributed by atoms with van der Waals surface area (Å²) >= 11 is 7.24. The zero-order chi connectivity index (χ0) is 19.4. The first-order valence-corrected chi connectivity index (χ1v) is 9.25. The molecule has 3 aromatic rings. The molecule has 140 valence electrons. The Hall–Kier alpha value is -2.51. The summed E-state index contributed by atoms with van der Waals surface area (Å²) < 4.78 is 23.7. The van der Waals surface area contributed by atoms with Crippen LogP contribution >= 0.6 is 23.4 Å². The van der Waals surface area contributed by atoms with Gasteiger partial charge in [-0.3, -0.25) is 4.79 Å². The maximum absolute atomic E-state index is 13.0. The van der Waals surface area contributed by atoms with Crippen LogP contribution in [0.5, 0.6) is 5.75 Å². The van der Waals surface area contributed by atoms with Crippen molar-refractivity contribution in [3.63, 3.8) is 0 Å². The second kappa shape index (κ2) is 8.45. The van der Waals surface area contributed by atoms with Crippen molar-refractivity contribution in [2.75, 3.05) is 12.4 Å². The molecule has 0 saturated carbocycles. The van der Waals surface area contributed by atoms with Crippen molar-refractivity contribution >= 4 is 35.0 Å². The van der Waals surface area contributed by atoms with Crippen LogP contribution in [0.4, 0.5) is 10.1 Å². The normalized spacial score (nSPS) is 11.9. The third-order valence-corrected chi connectivity index (χ3v) is 4.93. The van der Waals surface area contributed by atoms with Crippen LogP contribution in [-0.4, -0.2) is 23.3 Å². The highest BCUT2D eigenvalue weighted by atomic mass is 35.5. The third-order valence-electron chi connectivity index (χ3n) is 3.68. The number of amides is 1. The van der Waals surface area contributed by atoms with Crippen molar-refractivity contribution < 1.29 is 18.3 Å². The van der Waals surface area contributed by atoms with E-state index in [2.05, 4.69) is 10.3 Å². The van der Waals surface area contributed by atoms with E-state index in [0.29, 0.717) is 33.0 Å². The van der Waals surface area contributed by atoms with E-state index in [4.69, 9.17) is 20.8 Å². The second-order valence-corrected chi connectivity index (χ2v) is 7.30. The average molecular weight is 407 g/mol. The van der Waals surface area contributed by atoms with Crippen molar-refractivity contribution in [1.29, 1.82) is 0 Å². The third kappa shape index (κ3) is 4.81. The number of nitrogens with zero attached hydrogens (tertiary/aromatic N) is 1. The highest BCUT2D eigenvalue weighted by Gasteiger charge is 2.18. The summed E-state index contributed by atoms with van der Waals surface area (Å²) in [5.74, 6) is 0.497. The maximum Gasteiger partial charge on any atom is 0.256 e. The fourth-order valence-electron chi connectivity index (χ4n) is 2.25. The summed E-state index contributed by atoms with van der Waals surface area (Å²) in [6.45, 7) is 1.74. The first kappa shape index (κ1) is 19.3. The van der Waals surface area contributed by atoms with E-state index in [0.717, 1.165) is 0 Å². The molecule has 1 atom stereocenters. The fraction of sp³-hybridized carbons (Fsp3) is 0.158. The molecule has 1 N–H and O–H groups in total. The van der Waals surface area contributed by atoms with Gasteiger partial charge in [-0.25, -0.2) is 9.37 Å². The summed E-state index contributed by atoms with van der Waals surface area (Å²) in [5, 5.41) is 3.10. The maximum atomic E-state index is 13.0. The summed E-state index contributed by atoms with van der Waals surface area (Å²) in [7, 11) is 1.52. The number of oxazole rings is 1. The van der Waals surface area contributed by atoms with Crippen LogP contribution in [0.25, 0.3) is 11.3 Å². The number of thioether (sulfide) groups is 1. The number of hydrogen-bond donors (Lipinski definition) is 1. The molecule has 1 amide bonds. The number of rotatable bonds is 6. The molecule has 1 heterocycles. The zero-order valence-electron chi connectivity index (χ0n) is 14.5. The minimum atomic E-state index is -0.453. The van der Waals surface area contributed by atoms with E-state index in [1.165, 1.54) is 31.0 Å². The summed E-state index contributed by atoms with van der Waals surface area (Å²) in [6.07, 6.45) is 1.55. The SMILES string of the molecule is COc1ccc(NC(=O)C(C)Sc2ncc(-c3ccc(F)cc3)o2)cc1Cl. The Labute approximate surface area is 164 Å². The molecule has 0 fully saturated rings. The highest BCUT2D eigenvalue weighted by molar-refractivity contribution is 8.00. The van der Waals surface area contributed by atoms with Crippen molar-refractivity contribution in [3.05, 3.63) is 59.5 Å². The Balaban J connectivity index is 1.63. The van der Waals surface area contributed by atoms with Crippen LogP contribution in [-0.2, 0) is 4.79 Å². The lowest BCUT2D eigenvalue weighted by Crippen LogP contribution is -2.22. The van der Waals surface area contributed by atoms with Crippen LogP contribution < -0.4 is 10.1 Å². The molecule has 0 bridgehead atoms. The number of benzene rings is 2. The smallest absolute Gasteiger partial charge is 0.256 e. The van der Waals surface area contributed by atoms with Crippen LogP contribution in [0.1, 0.15) is 6.92 Å². The standard InChI is InChI=1S/C19H16ClFN2O3S/c1-11(18(24)23-14-7-8-16(25-2)15(20)9-14)27-19-22-10-17(26-19)12-3-5-13(21)6-4-12/h3-11H,1-2H3,(H,23,24). The summed E-state index contributed by atoms with van der Waals surface area (Å²) in [6, 6.07) is 10.9. The van der Waals surface area contributed by atoms with Crippen LogP contribution in [0.3, 0.4) is 0 Å². The lowest BCUT2D eigenvalue weighted by atomic mass is 10.2. The number of halogens is 2. The molecule has 1 aromatic heterocycles. The molecule has 0 aliphatic carbocycles. The van der Waals surface area contributed by atoms with E-state index in [-0.39, 0.29) is 11.7 Å². The van der Waals surface area contributed by atoms with Gasteiger partial charge in [0.25, 0.3) is 5.22 Å². The van der Waals surface area contributed by atoms with Crippen molar-refractivity contribution in [2.45, 2.75) is 17.4 Å². The minimum absolute atomic E-state index is 0.220. The first-order chi connectivity index (χ1) is 13.0. The molecule has 8 heteroatoms. The van der Waals surface area contributed by atoms with E-state index >= 15 is 0 Å². The second-order valence-electron chi connectivity index (χ2n) is 5.60. The van der Waals surface area contributed by atoms with Gasteiger partial charge < -0.3 is 14.5 Å². The van der Waals surface area contributed by atoms with Crippen LogP contribution in [0.2, 0.25) is 5.02 Å². The van der Waals surface area contributed by atoms with Gasteiger partial charge >= 0.3 is 0 Å². The van der Waals surface area contributed by atoms with Crippen molar-refractivity contribution in [1.82, 2.24) is 4.98 Å². The van der Waals surface area contributed by atoms with Crippen molar-refractivity contribution in [2.24, 2.45) is 0 Å². The molecule has 0 aliphatic rings. The Morgan fingerprint density at radius 3 is 2.70 bits per heavy atom. The fourth-order valence-corrected chi connectivity index (χ4v) is 3.23. The molecule has 0 radical (unpaired) electrons. The Bertz CT molecular complexity index is 946. The van der Waals surface area contributed by atoms with Gasteiger partial charge in [-0.15, -0.1) is 0 Å². The highest BCUT2D eigenvalue weighted by Crippen LogP contribution is 2.30. The monoisotopic (exact) mass is 406 g/mol. The molecule has 0 spiro atoms. The molecule has 0 aliphatic heterocycles. The largest absolute Gasteiger partial charge is 0.495 e. The number of hydrogen-bond acceptors (Lipinski definition) is 5. The summed E-state index contributed by atoms with van der Waals surface area (Å²) in [5.41, 5.74) is 1.28. The molecule has 3 rings (SSSR count). The molecule has 0 saturated heterocycles. The lowest BCUT2D eigenvalue weighted by Gasteiger charge is -2.11. The number of methoxy groups -OCH3 is 1. The van der Waals surface area contributed by atoms with Gasteiger partial charge in [-0.1, -0.05) is 23.4 Å². The molecule has 27 heavy (non-hydrogen) atoms. The number of anilines is 1. The van der Waals surface area contributed by atoms with Gasteiger partial charge in [0, 0.05) is 11.3 Å². The first-order valence-electron chi connectivity index (χ1n) is 7.99. The number of carbonyl (C=O) groups excluding carboxylic acids is 1. The van der Waals surface area contributed by atoms with Crippen LogP contribution in [0.15, 0.2) is 58.3 Å². The lowest BCUT2D eigenvalue weighted by molar-refractivity contribution is -0.115. The van der Waals surface area contributed by atoms with Gasteiger partial charge in [0.1, 0.15) is 11.6 Å². The molecular weight excluding hydrogens is 391 g/mol. The van der Waals surface area contributed by atoms with Crippen molar-refractivity contribution in [3.8, 4) is 17.1 Å². The predicted molar refractivity (Wildman–Crippen MR) is 104 cm³/mol. The number of nitrogens with one attached hydrogen (secondary N) is 1. The molecular formula is C19H16ClFN2O3S. The van der Waals surface area contributed by atoms with Crippen LogP contribution in [0, 0.1) is 5.82 Å². The number of carbonyl (C=O) groups is 1. The quantitative estimate of drug-likeness (QED) is 0.565. The van der Waals surface area contributed by atoms with E-state index in [1.807, 2.05) is 0 Å². The molecule has 2 aromatic carbocycles. The molecule has 5 nitrogen and oxygen atoms in total. The van der Waals surface area contributed by atoms with E-state index < -0.39 is 5.25 Å². The minimum Gasteiger partial charge on any atom is -0.495 e. The van der Waals surface area contributed by atoms with Gasteiger partial charge in [0.15, 0.2) is 5.76 Å². The number of ether oxygens (including phenoxy) is 1. The van der Waals surface area contributed by atoms with Gasteiger partial charge in [0.2, 0.25) is 5.91 Å². The van der Waals surface area contributed by atoms with Gasteiger partial charge in [-0.05, 0) is 49.4 Å². The average Bonchev–Trinajstić information content (AvgIpc) is 3.11. The Kier molecular flexibility index (Phi) is 6.03.